The maximum absolute atomic E-state index is 11.9. The van der Waals surface area contributed by atoms with E-state index in [1.165, 1.54) is 6.20 Å². The minimum absolute atomic E-state index is 0.107. The van der Waals surface area contributed by atoms with Gasteiger partial charge in [-0.15, -0.1) is 0 Å². The van der Waals surface area contributed by atoms with Crippen LogP contribution in [0.1, 0.15) is 6.92 Å². The first-order chi connectivity index (χ1) is 8.22. The molecule has 2 rings (SSSR count). The molecule has 6 heteroatoms. The molecule has 0 bridgehead atoms. The maximum atomic E-state index is 11.9. The number of aromatic nitrogens is 2. The molecule has 2 aromatic rings. The van der Waals surface area contributed by atoms with Gasteiger partial charge < -0.3 is 14.5 Å². The van der Waals surface area contributed by atoms with E-state index in [0.717, 1.165) is 0 Å². The fourth-order valence-electron chi connectivity index (χ4n) is 1.35. The number of pyridine rings is 2. The summed E-state index contributed by atoms with van der Waals surface area (Å²) in [5.41, 5.74) is 0.0358. The van der Waals surface area contributed by atoms with Gasteiger partial charge in [0.1, 0.15) is 5.65 Å². The van der Waals surface area contributed by atoms with Gasteiger partial charge in [0.15, 0.2) is 5.75 Å². The molecule has 2 aromatic heterocycles. The van der Waals surface area contributed by atoms with E-state index in [-0.39, 0.29) is 12.4 Å². The molecule has 0 aromatic carbocycles. The van der Waals surface area contributed by atoms with Crippen molar-refractivity contribution in [1.29, 1.82) is 0 Å². The molecule has 17 heavy (non-hydrogen) atoms. The normalized spacial score (nSPS) is 10.2. The van der Waals surface area contributed by atoms with Gasteiger partial charge in [0.05, 0.1) is 12.0 Å². The molecule has 0 saturated heterocycles. The van der Waals surface area contributed by atoms with Crippen molar-refractivity contribution in [2.24, 2.45) is 0 Å². The van der Waals surface area contributed by atoms with E-state index < -0.39 is 11.6 Å². The van der Waals surface area contributed by atoms with E-state index in [1.54, 1.807) is 25.3 Å². The average Bonchev–Trinajstić information content (AvgIpc) is 2.33. The molecule has 0 fully saturated rings. The van der Waals surface area contributed by atoms with Gasteiger partial charge in [-0.05, 0) is 19.1 Å². The van der Waals surface area contributed by atoms with Gasteiger partial charge in [-0.1, -0.05) is 0 Å². The van der Waals surface area contributed by atoms with Gasteiger partial charge >= 0.3 is 6.16 Å². The molecule has 88 valence electrons. The van der Waals surface area contributed by atoms with Crippen LogP contribution in [0.15, 0.2) is 29.3 Å². The minimum Gasteiger partial charge on any atom is -0.434 e. The zero-order valence-electron chi connectivity index (χ0n) is 9.10. The average molecular weight is 234 g/mol. The number of H-pyrrole nitrogens is 1. The third-order valence-electron chi connectivity index (χ3n) is 2.07. The minimum atomic E-state index is -0.902. The number of carbonyl (C=O) groups is 1. The predicted molar refractivity (Wildman–Crippen MR) is 60.0 cm³/mol. The van der Waals surface area contributed by atoms with Gasteiger partial charge in [0, 0.05) is 12.4 Å². The lowest BCUT2D eigenvalue weighted by Gasteiger charge is -2.03. The Morgan fingerprint density at radius 1 is 1.53 bits per heavy atom. The second-order valence-electron chi connectivity index (χ2n) is 3.17. The lowest BCUT2D eigenvalue weighted by molar-refractivity contribution is 0.104. The van der Waals surface area contributed by atoms with Crippen molar-refractivity contribution in [2.45, 2.75) is 6.92 Å². The van der Waals surface area contributed by atoms with Crippen molar-refractivity contribution in [3.63, 3.8) is 0 Å². The van der Waals surface area contributed by atoms with Crippen LogP contribution < -0.4 is 10.2 Å². The largest absolute Gasteiger partial charge is 0.514 e. The Labute approximate surface area is 96.2 Å². The van der Waals surface area contributed by atoms with Crippen molar-refractivity contribution in [1.82, 2.24) is 9.97 Å². The molecule has 6 nitrogen and oxygen atoms in total. The van der Waals surface area contributed by atoms with E-state index >= 15 is 0 Å². The second kappa shape index (κ2) is 4.65. The van der Waals surface area contributed by atoms with Gasteiger partial charge in [0.2, 0.25) is 5.43 Å². The lowest BCUT2D eigenvalue weighted by Crippen LogP contribution is -2.16. The standard InChI is InChI=1S/C11H10N2O4/c1-2-16-11(15)17-8-6-13-10-7(9(8)14)4-3-5-12-10/h3-6H,2H2,1H3,(H,12,13,14). The van der Waals surface area contributed by atoms with E-state index in [0.29, 0.717) is 11.0 Å². The number of nitrogens with zero attached hydrogens (tertiary/aromatic N) is 1. The van der Waals surface area contributed by atoms with Crippen LogP contribution in [-0.2, 0) is 4.74 Å². The summed E-state index contributed by atoms with van der Waals surface area (Å²) in [6, 6.07) is 3.23. The zero-order chi connectivity index (χ0) is 12.3. The number of rotatable bonds is 2. The van der Waals surface area contributed by atoms with Gasteiger partial charge in [-0.25, -0.2) is 9.78 Å². The van der Waals surface area contributed by atoms with Crippen LogP contribution in [-0.4, -0.2) is 22.7 Å². The summed E-state index contributed by atoms with van der Waals surface area (Å²) in [5, 5.41) is 0.356. The van der Waals surface area contributed by atoms with Crippen molar-refractivity contribution in [3.8, 4) is 5.75 Å². The van der Waals surface area contributed by atoms with Gasteiger partial charge in [0.25, 0.3) is 0 Å². The quantitative estimate of drug-likeness (QED) is 0.795. The van der Waals surface area contributed by atoms with Gasteiger partial charge in [-0.2, -0.15) is 0 Å². The van der Waals surface area contributed by atoms with Crippen LogP contribution in [0.2, 0.25) is 0 Å². The number of nitrogens with one attached hydrogen (secondary N) is 1. The highest BCUT2D eigenvalue weighted by Crippen LogP contribution is 2.09. The van der Waals surface area contributed by atoms with Crippen LogP contribution in [0.3, 0.4) is 0 Å². The Balaban J connectivity index is 2.39. The number of ether oxygens (including phenoxy) is 2. The second-order valence-corrected chi connectivity index (χ2v) is 3.17. The van der Waals surface area contributed by atoms with E-state index in [2.05, 4.69) is 14.7 Å². The molecule has 2 heterocycles. The summed E-state index contributed by atoms with van der Waals surface area (Å²) < 4.78 is 9.34. The molecule has 0 saturated carbocycles. The smallest absolute Gasteiger partial charge is 0.434 e. The highest BCUT2D eigenvalue weighted by molar-refractivity contribution is 5.76. The highest BCUT2D eigenvalue weighted by atomic mass is 16.7. The number of aromatic amines is 1. The zero-order valence-corrected chi connectivity index (χ0v) is 9.10. The van der Waals surface area contributed by atoms with Crippen LogP contribution >= 0.6 is 0 Å². The molecular formula is C11H10N2O4. The maximum Gasteiger partial charge on any atom is 0.514 e. The van der Waals surface area contributed by atoms with Crippen LogP contribution in [0.4, 0.5) is 4.79 Å². The summed E-state index contributed by atoms with van der Waals surface area (Å²) in [6.45, 7) is 1.83. The SMILES string of the molecule is CCOC(=O)Oc1c[nH]c2ncccc2c1=O. The molecule has 0 aliphatic carbocycles. The summed E-state index contributed by atoms with van der Waals surface area (Å²) in [5.74, 6) is -0.107. The summed E-state index contributed by atoms with van der Waals surface area (Å²) in [6.07, 6.45) is 1.94. The van der Waals surface area contributed by atoms with E-state index in [4.69, 9.17) is 4.74 Å². The first-order valence-corrected chi connectivity index (χ1v) is 5.03. The van der Waals surface area contributed by atoms with Crippen molar-refractivity contribution in [2.75, 3.05) is 6.61 Å². The topological polar surface area (TPSA) is 81.3 Å². The summed E-state index contributed by atoms with van der Waals surface area (Å²) in [4.78, 5) is 29.7. The lowest BCUT2D eigenvalue weighted by atomic mass is 10.3. The molecule has 0 atom stereocenters. The predicted octanol–water partition coefficient (Wildman–Crippen LogP) is 1.46. The Morgan fingerprint density at radius 2 is 2.35 bits per heavy atom. The third kappa shape index (κ3) is 2.25. The molecule has 0 radical (unpaired) electrons. The fourth-order valence-corrected chi connectivity index (χ4v) is 1.35. The molecule has 0 spiro atoms. The molecule has 0 aliphatic heterocycles. The Hall–Kier alpha value is -2.37. The Bertz CT molecular complexity index is 606. The monoisotopic (exact) mass is 234 g/mol. The molecule has 1 N–H and O–H groups in total. The van der Waals surface area contributed by atoms with Crippen LogP contribution in [0, 0.1) is 0 Å². The molecule has 0 aliphatic rings. The molecule has 0 unspecified atom stereocenters. The van der Waals surface area contributed by atoms with E-state index in [9.17, 15) is 9.59 Å². The van der Waals surface area contributed by atoms with Crippen molar-refractivity contribution < 1.29 is 14.3 Å². The number of carbonyl (C=O) groups excluding carboxylic acids is 1. The number of hydrogen-bond acceptors (Lipinski definition) is 5. The van der Waals surface area contributed by atoms with Crippen LogP contribution in [0.25, 0.3) is 11.0 Å². The van der Waals surface area contributed by atoms with Crippen LogP contribution in [0.5, 0.6) is 5.75 Å². The first kappa shape index (κ1) is 11.1. The summed E-state index contributed by atoms with van der Waals surface area (Å²) in [7, 11) is 0. The fraction of sp³-hybridized carbons (Fsp3) is 0.182. The Morgan fingerprint density at radius 3 is 3.12 bits per heavy atom. The Kier molecular flexibility index (Phi) is 3.04. The highest BCUT2D eigenvalue weighted by Gasteiger charge is 2.11. The first-order valence-electron chi connectivity index (χ1n) is 5.03. The molecule has 0 amide bonds. The van der Waals surface area contributed by atoms with Crippen molar-refractivity contribution in [3.05, 3.63) is 34.7 Å². The van der Waals surface area contributed by atoms with Crippen molar-refractivity contribution >= 4 is 17.2 Å². The number of fused-ring (bicyclic) bond motifs is 1. The van der Waals surface area contributed by atoms with E-state index in [1.807, 2.05) is 0 Å². The summed E-state index contributed by atoms with van der Waals surface area (Å²) >= 11 is 0. The molecular weight excluding hydrogens is 224 g/mol. The number of hydrogen-bond donors (Lipinski definition) is 1. The third-order valence-corrected chi connectivity index (χ3v) is 2.07. The van der Waals surface area contributed by atoms with Gasteiger partial charge in [-0.3, -0.25) is 4.79 Å².